The number of aromatic amines is 2. The number of carboxylic acids is 2. The van der Waals surface area contributed by atoms with Crippen molar-refractivity contribution in [1.29, 1.82) is 0 Å². The average molecular weight is 1690 g/mol. The first kappa shape index (κ1) is 93.4. The number of hydrogen-bond acceptors (Lipinski definition) is 19. The van der Waals surface area contributed by atoms with E-state index < -0.39 is 175 Å². The Morgan fingerprint density at radius 1 is 0.528 bits per heavy atom. The summed E-state index contributed by atoms with van der Waals surface area (Å²) in [5, 5.41) is 58.7. The molecule has 3 aromatic heterocycles. The van der Waals surface area contributed by atoms with Gasteiger partial charge in [-0.05, 0) is 122 Å². The Kier molecular flexibility index (Phi) is 35.2. The minimum atomic E-state index is -1.50. The van der Waals surface area contributed by atoms with Crippen LogP contribution in [0.1, 0.15) is 113 Å². The fraction of sp³-hybridized carbons (Fsp3) is 0.402. The maximum absolute atomic E-state index is 15.0. The minimum Gasteiger partial charge on any atom is -0.480 e. The van der Waals surface area contributed by atoms with Crippen LogP contribution in [0.5, 0.6) is 0 Å². The smallest absolute Gasteiger partial charge is 0.352 e. The summed E-state index contributed by atoms with van der Waals surface area (Å²) in [6, 6.07) is 31.3. The van der Waals surface area contributed by atoms with Gasteiger partial charge in [-0.25, -0.2) is 4.79 Å². The highest BCUT2D eigenvalue weighted by molar-refractivity contribution is 6.00. The van der Waals surface area contributed by atoms with Crippen LogP contribution in [-0.4, -0.2) is 216 Å². The molecule has 36 heteroatoms. The van der Waals surface area contributed by atoms with Gasteiger partial charge in [0.1, 0.15) is 60.6 Å². The standard InChI is InChI=1S/C87H110N20O16/c1-5-61(89)77(112)92-48-75(109)96-72-38-52(4)107(86(72)121)73(37-51(2)3)85(120)103-69(41-55-27-13-8-14-28-55)83(118)100-68(40-54-25-11-7-12-26-54)81(116)97-65(33-19-21-35-88)80(115)98-66(87(122)123)34-20-22-36-106-50-60(104-105-106)44-62(90)78(113)99-67(39-53-23-9-6-10-24-53)82(117)102-71(46-59-43-57-30-16-18-32-64(57)95-59)84(119)101-70(79(114)93-47-74(108)91-49-76(110)111)45-58-42-56-29-15-17-31-63(56)94-58/h6-18,23-32,34,42-43,50-52,61-62,65,67-73,94-95H,5,19-22,33,35-41,44-49,88-90H2,1-4H3,(H,91,108)(H,92,112)(H,93,114)(H,96,109)(H,97,116)(H,98,115)(H,99,113)(H,100,118)(H,101,119)(H,102,117)(H,103,120)(H,110,111)(H,122,123)/b66-34+/t52?,61-,62-,65-,67-,68-,69?,70-,71-,72-,73-/m1/s1. The predicted molar refractivity (Wildman–Crippen MR) is 455 cm³/mol. The molecule has 2 unspecified atom stereocenters. The fourth-order valence-electron chi connectivity index (χ4n) is 14.3. The first-order chi connectivity index (χ1) is 59.0. The van der Waals surface area contributed by atoms with E-state index in [9.17, 15) is 72.2 Å². The molecular formula is C87H110N20O16. The van der Waals surface area contributed by atoms with E-state index in [1.54, 1.807) is 117 Å². The molecule has 9 rings (SSSR count). The third kappa shape index (κ3) is 28.9. The first-order valence-corrected chi connectivity index (χ1v) is 41.1. The monoisotopic (exact) mass is 1690 g/mol. The van der Waals surface area contributed by atoms with Crippen molar-refractivity contribution < 1.29 is 77.3 Å². The lowest BCUT2D eigenvalue weighted by molar-refractivity contribution is -0.142. The van der Waals surface area contributed by atoms with Gasteiger partial charge in [-0.3, -0.25) is 67.0 Å². The van der Waals surface area contributed by atoms with Crippen LogP contribution in [0, 0.1) is 5.92 Å². The van der Waals surface area contributed by atoms with Crippen LogP contribution in [0.4, 0.5) is 0 Å². The summed E-state index contributed by atoms with van der Waals surface area (Å²) in [4.78, 5) is 201. The Morgan fingerprint density at radius 3 is 1.50 bits per heavy atom. The number of allylic oxidation sites excluding steroid dienone is 1. The second-order valence-corrected chi connectivity index (χ2v) is 30.9. The van der Waals surface area contributed by atoms with Gasteiger partial charge in [-0.1, -0.05) is 159 Å². The van der Waals surface area contributed by atoms with Crippen molar-refractivity contribution in [2.45, 2.75) is 191 Å². The molecular weight excluding hydrogens is 1580 g/mol. The van der Waals surface area contributed by atoms with Crippen LogP contribution in [0.25, 0.3) is 21.8 Å². The average Bonchev–Trinajstić information content (AvgIpc) is 1.65. The normalized spacial score (nSPS) is 15.5. The molecule has 1 aliphatic heterocycles. The Morgan fingerprint density at radius 2 is 1.00 bits per heavy atom. The summed E-state index contributed by atoms with van der Waals surface area (Å²) >= 11 is 0. The molecule has 0 saturated carbocycles. The van der Waals surface area contributed by atoms with Crippen molar-refractivity contribution in [1.82, 2.24) is 88.3 Å². The molecule has 1 saturated heterocycles. The van der Waals surface area contributed by atoms with Gasteiger partial charge in [0.15, 0.2) is 0 Å². The highest BCUT2D eigenvalue weighted by atomic mass is 16.4. The molecule has 0 spiro atoms. The number of likely N-dealkylation sites (tertiary alicyclic amines) is 1. The molecule has 123 heavy (non-hydrogen) atoms. The van der Waals surface area contributed by atoms with E-state index in [0.717, 1.165) is 21.8 Å². The summed E-state index contributed by atoms with van der Waals surface area (Å²) in [6.45, 7) is 5.80. The zero-order valence-electron chi connectivity index (χ0n) is 69.1. The SMILES string of the molecule is CC[C@@H](N)C(=O)NCC(=O)N[C@@H]1CC(C)N([C@H](CC(C)C)C(=O)NC(Cc2ccccc2)C(=O)N[C@H](Cc2ccccc2)C(=O)N[C@H](CCCCN)C(=O)N/C(=C/CCCn2cc(C[C@@H](N)C(=O)N[C@H](Cc3ccccc3)C(=O)N[C@H](Cc3cc4ccccc4[nH]3)C(=O)N[C@H](Cc3cc4ccccc4[nH]3)C(=O)NCC(=O)NCC(=O)O)nn2)C(=O)O)C1=O. The van der Waals surface area contributed by atoms with Crippen molar-refractivity contribution >= 4 is 105 Å². The van der Waals surface area contributed by atoms with Crippen molar-refractivity contribution in [3.8, 4) is 0 Å². The molecule has 654 valence electrons. The summed E-state index contributed by atoms with van der Waals surface area (Å²) in [7, 11) is 0. The fourth-order valence-corrected chi connectivity index (χ4v) is 14.3. The zero-order chi connectivity index (χ0) is 88.7. The summed E-state index contributed by atoms with van der Waals surface area (Å²) in [6.07, 6.45) is 3.75. The van der Waals surface area contributed by atoms with E-state index in [1.165, 1.54) is 21.9 Å². The molecule has 0 bridgehead atoms. The van der Waals surface area contributed by atoms with Gasteiger partial charge >= 0.3 is 11.9 Å². The molecule has 4 heterocycles. The molecule has 8 aromatic rings. The molecule has 0 aliphatic carbocycles. The Labute approximate surface area is 710 Å². The number of carbonyl (C=O) groups excluding carboxylic acids is 12. The number of nitrogens with two attached hydrogens (primary N) is 3. The lowest BCUT2D eigenvalue weighted by atomic mass is 9.99. The maximum Gasteiger partial charge on any atom is 0.352 e. The first-order valence-electron chi connectivity index (χ1n) is 41.1. The Balaban J connectivity index is 0.844. The predicted octanol–water partition coefficient (Wildman–Crippen LogP) is 0.917. The third-order valence-electron chi connectivity index (χ3n) is 20.7. The Bertz CT molecular complexity index is 4950. The number of nitrogens with zero attached hydrogens (tertiary/aromatic N) is 4. The number of fused-ring (bicyclic) bond motifs is 2. The summed E-state index contributed by atoms with van der Waals surface area (Å²) in [5.74, 6) is -11.9. The second kappa shape index (κ2) is 46.4. The van der Waals surface area contributed by atoms with Gasteiger partial charge in [0.25, 0.3) is 0 Å². The Hall–Kier alpha value is -13.5. The lowest BCUT2D eigenvalue weighted by Crippen LogP contribution is -2.60. The maximum atomic E-state index is 15.0. The van der Waals surface area contributed by atoms with E-state index in [4.69, 9.17) is 22.3 Å². The van der Waals surface area contributed by atoms with Gasteiger partial charge in [0, 0.05) is 79.7 Å². The van der Waals surface area contributed by atoms with Crippen LogP contribution < -0.4 is 75.7 Å². The van der Waals surface area contributed by atoms with Crippen LogP contribution in [0.3, 0.4) is 0 Å². The molecule has 1 aliphatic rings. The number of carboxylic acid groups (broad SMARTS) is 2. The molecule has 5 aromatic carbocycles. The van der Waals surface area contributed by atoms with Gasteiger partial charge in [0.05, 0.1) is 30.9 Å². The third-order valence-corrected chi connectivity index (χ3v) is 20.7. The van der Waals surface area contributed by atoms with Crippen molar-refractivity contribution in [3.05, 3.63) is 203 Å². The second-order valence-electron chi connectivity index (χ2n) is 30.9. The van der Waals surface area contributed by atoms with E-state index >= 15 is 0 Å². The van der Waals surface area contributed by atoms with E-state index in [0.29, 0.717) is 47.3 Å². The highest BCUT2D eigenvalue weighted by Gasteiger charge is 2.45. The highest BCUT2D eigenvalue weighted by Crippen LogP contribution is 2.27. The number of hydrogen-bond donors (Lipinski definition) is 18. The van der Waals surface area contributed by atoms with Gasteiger partial charge < -0.3 is 101 Å². The number of benzene rings is 5. The summed E-state index contributed by atoms with van der Waals surface area (Å²) in [5.41, 5.74) is 22.4. The number of aliphatic carboxylic acids is 2. The van der Waals surface area contributed by atoms with E-state index in [1.807, 2.05) is 62.4 Å². The quantitative estimate of drug-likeness (QED) is 0.0186. The number of H-pyrrole nitrogens is 2. The number of carbonyl (C=O) groups is 14. The molecule has 36 nitrogen and oxygen atoms in total. The molecule has 21 N–H and O–H groups in total. The number of para-hydroxylation sites is 2. The number of aryl methyl sites for hydroxylation is 1. The molecule has 12 amide bonds. The van der Waals surface area contributed by atoms with Gasteiger partial charge in [-0.2, -0.15) is 0 Å². The number of unbranched alkanes of at least 4 members (excludes halogenated alkanes) is 2. The number of rotatable bonds is 48. The minimum absolute atomic E-state index is 0.00992. The lowest BCUT2D eigenvalue weighted by Gasteiger charge is -2.33. The number of nitrogens with one attached hydrogen (secondary N) is 13. The van der Waals surface area contributed by atoms with Crippen LogP contribution >= 0.6 is 0 Å². The van der Waals surface area contributed by atoms with Crippen molar-refractivity contribution in [3.63, 3.8) is 0 Å². The van der Waals surface area contributed by atoms with Crippen LogP contribution in [-0.2, 0) is 112 Å². The number of amides is 12. The molecule has 11 atom stereocenters. The topological polar surface area (TPSA) is 555 Å². The van der Waals surface area contributed by atoms with E-state index in [-0.39, 0.29) is 95.3 Å². The van der Waals surface area contributed by atoms with Crippen molar-refractivity contribution in [2.24, 2.45) is 23.1 Å². The van der Waals surface area contributed by atoms with Crippen LogP contribution in [0.15, 0.2) is 170 Å². The van der Waals surface area contributed by atoms with Gasteiger partial charge in [-0.15, -0.1) is 5.10 Å². The van der Waals surface area contributed by atoms with Gasteiger partial charge in [0.2, 0.25) is 70.9 Å². The molecule has 0 radical (unpaired) electrons. The van der Waals surface area contributed by atoms with Crippen molar-refractivity contribution in [2.75, 3.05) is 26.2 Å². The largest absolute Gasteiger partial charge is 0.480 e. The number of aromatic nitrogens is 5. The van der Waals surface area contributed by atoms with Crippen LogP contribution in [0.2, 0.25) is 0 Å². The zero-order valence-corrected chi connectivity index (χ0v) is 69.1. The molecule has 1 fully saturated rings. The summed E-state index contributed by atoms with van der Waals surface area (Å²) < 4.78 is 1.44. The van der Waals surface area contributed by atoms with E-state index in [2.05, 4.69) is 78.8 Å².